The molecule has 4 rings (SSSR count). The van der Waals surface area contributed by atoms with E-state index in [4.69, 9.17) is 25.7 Å². The van der Waals surface area contributed by atoms with Gasteiger partial charge in [-0.15, -0.1) is 0 Å². The minimum atomic E-state index is -0.219. The van der Waals surface area contributed by atoms with Crippen LogP contribution in [-0.4, -0.2) is 18.1 Å². The SMILES string of the molecule is COC(=O)C1CCCCC1c1oc(-c2cccc(Cl)c2)nc1-c1ccc(Br)cc1. The second-order valence-corrected chi connectivity index (χ2v) is 8.62. The summed E-state index contributed by atoms with van der Waals surface area (Å²) < 4.78 is 12.4. The van der Waals surface area contributed by atoms with Crippen molar-refractivity contribution in [2.45, 2.75) is 31.6 Å². The van der Waals surface area contributed by atoms with Crippen molar-refractivity contribution in [1.82, 2.24) is 4.98 Å². The van der Waals surface area contributed by atoms with Crippen LogP contribution in [0.5, 0.6) is 0 Å². The zero-order chi connectivity index (χ0) is 20.4. The molecule has 2 atom stereocenters. The Kier molecular flexibility index (Phi) is 6.07. The van der Waals surface area contributed by atoms with E-state index in [1.165, 1.54) is 7.11 Å². The first kappa shape index (κ1) is 20.2. The van der Waals surface area contributed by atoms with Crippen LogP contribution in [0.15, 0.2) is 57.4 Å². The largest absolute Gasteiger partial charge is 0.469 e. The van der Waals surface area contributed by atoms with E-state index in [0.717, 1.165) is 52.7 Å². The van der Waals surface area contributed by atoms with Crippen LogP contribution in [0.2, 0.25) is 5.02 Å². The number of benzene rings is 2. The highest BCUT2D eigenvalue weighted by Crippen LogP contribution is 2.44. The summed E-state index contributed by atoms with van der Waals surface area (Å²) in [7, 11) is 1.45. The van der Waals surface area contributed by atoms with Gasteiger partial charge in [-0.05, 0) is 43.2 Å². The molecule has 0 aliphatic heterocycles. The van der Waals surface area contributed by atoms with Gasteiger partial charge >= 0.3 is 5.97 Å². The fraction of sp³-hybridized carbons (Fsp3) is 0.304. The Morgan fingerprint density at radius 1 is 1.14 bits per heavy atom. The molecule has 29 heavy (non-hydrogen) atoms. The normalized spacial score (nSPS) is 19.1. The minimum absolute atomic E-state index is 0.0599. The molecule has 0 bridgehead atoms. The Morgan fingerprint density at radius 3 is 2.62 bits per heavy atom. The average Bonchev–Trinajstić information content (AvgIpc) is 3.19. The summed E-state index contributed by atoms with van der Waals surface area (Å²) in [6, 6.07) is 15.4. The second-order valence-electron chi connectivity index (χ2n) is 7.27. The van der Waals surface area contributed by atoms with Crippen LogP contribution >= 0.6 is 27.5 Å². The number of halogens is 2. The lowest BCUT2D eigenvalue weighted by Gasteiger charge is -2.28. The lowest BCUT2D eigenvalue weighted by atomic mass is 9.77. The number of oxazole rings is 1. The first-order valence-corrected chi connectivity index (χ1v) is 10.8. The van der Waals surface area contributed by atoms with Gasteiger partial charge in [-0.2, -0.15) is 0 Å². The topological polar surface area (TPSA) is 52.3 Å². The quantitative estimate of drug-likeness (QED) is 0.387. The Balaban J connectivity index is 1.84. The van der Waals surface area contributed by atoms with Crippen molar-refractivity contribution < 1.29 is 13.9 Å². The van der Waals surface area contributed by atoms with Crippen molar-refractivity contribution in [3.8, 4) is 22.7 Å². The molecule has 2 aromatic carbocycles. The van der Waals surface area contributed by atoms with Gasteiger partial charge in [-0.25, -0.2) is 4.98 Å². The molecule has 150 valence electrons. The van der Waals surface area contributed by atoms with E-state index in [0.29, 0.717) is 10.9 Å². The molecule has 0 radical (unpaired) electrons. The zero-order valence-corrected chi connectivity index (χ0v) is 18.4. The summed E-state index contributed by atoms with van der Waals surface area (Å²) >= 11 is 9.65. The fourth-order valence-electron chi connectivity index (χ4n) is 4.02. The lowest BCUT2D eigenvalue weighted by Crippen LogP contribution is -2.26. The molecule has 0 saturated heterocycles. The zero-order valence-electron chi connectivity index (χ0n) is 16.0. The van der Waals surface area contributed by atoms with Gasteiger partial charge in [0.15, 0.2) is 0 Å². The highest BCUT2D eigenvalue weighted by atomic mass is 79.9. The van der Waals surface area contributed by atoms with Crippen LogP contribution in [-0.2, 0) is 9.53 Å². The van der Waals surface area contributed by atoms with Gasteiger partial charge < -0.3 is 9.15 Å². The molecule has 6 heteroatoms. The second kappa shape index (κ2) is 8.72. The van der Waals surface area contributed by atoms with Crippen molar-refractivity contribution in [3.05, 3.63) is 63.8 Å². The van der Waals surface area contributed by atoms with Crippen molar-refractivity contribution in [1.29, 1.82) is 0 Å². The van der Waals surface area contributed by atoms with Gasteiger partial charge in [-0.3, -0.25) is 4.79 Å². The molecule has 1 fully saturated rings. The molecule has 0 N–H and O–H groups in total. The van der Waals surface area contributed by atoms with Crippen LogP contribution in [0.3, 0.4) is 0 Å². The summed E-state index contributed by atoms with van der Waals surface area (Å²) in [5.41, 5.74) is 2.54. The maximum absolute atomic E-state index is 12.5. The third-order valence-electron chi connectivity index (χ3n) is 5.45. The molecule has 4 nitrogen and oxygen atoms in total. The fourth-order valence-corrected chi connectivity index (χ4v) is 4.48. The summed E-state index contributed by atoms with van der Waals surface area (Å²) in [5, 5.41) is 0.623. The Morgan fingerprint density at radius 2 is 1.90 bits per heavy atom. The van der Waals surface area contributed by atoms with Gasteiger partial charge in [0.2, 0.25) is 5.89 Å². The summed E-state index contributed by atoms with van der Waals surface area (Å²) in [4.78, 5) is 17.3. The first-order valence-electron chi connectivity index (χ1n) is 9.67. The molecule has 1 aromatic heterocycles. The number of esters is 1. The molecule has 3 aromatic rings. The predicted octanol–water partition coefficient (Wildman–Crippen LogP) is 6.87. The highest BCUT2D eigenvalue weighted by Gasteiger charge is 2.37. The molecule has 1 aliphatic rings. The average molecular weight is 475 g/mol. The number of carbonyl (C=O) groups is 1. The highest BCUT2D eigenvalue weighted by molar-refractivity contribution is 9.10. The Bertz CT molecular complexity index is 1020. The molecule has 0 amide bonds. The van der Waals surface area contributed by atoms with Crippen LogP contribution in [0, 0.1) is 5.92 Å². The monoisotopic (exact) mass is 473 g/mol. The third kappa shape index (κ3) is 4.26. The van der Waals surface area contributed by atoms with Crippen molar-refractivity contribution >= 4 is 33.5 Å². The maximum Gasteiger partial charge on any atom is 0.309 e. The number of methoxy groups -OCH3 is 1. The van der Waals surface area contributed by atoms with E-state index in [-0.39, 0.29) is 17.8 Å². The molecular weight excluding hydrogens is 454 g/mol. The lowest BCUT2D eigenvalue weighted by molar-refractivity contribution is -0.147. The standard InChI is InChI=1S/C23H21BrClNO3/c1-28-23(27)19-8-3-2-7-18(19)21-20(14-9-11-16(24)12-10-14)26-22(29-21)15-5-4-6-17(25)13-15/h4-6,9-13,18-19H,2-3,7-8H2,1H3. The molecule has 1 heterocycles. The number of hydrogen-bond acceptors (Lipinski definition) is 4. The molecular formula is C23H21BrClNO3. The minimum Gasteiger partial charge on any atom is -0.469 e. The summed E-state index contributed by atoms with van der Waals surface area (Å²) in [5.74, 6) is 0.794. The van der Waals surface area contributed by atoms with E-state index in [1.807, 2.05) is 48.5 Å². The smallest absolute Gasteiger partial charge is 0.309 e. The van der Waals surface area contributed by atoms with Crippen LogP contribution in [0.25, 0.3) is 22.7 Å². The van der Waals surface area contributed by atoms with Crippen LogP contribution < -0.4 is 0 Å². The van der Waals surface area contributed by atoms with Crippen molar-refractivity contribution in [2.75, 3.05) is 7.11 Å². The van der Waals surface area contributed by atoms with Crippen molar-refractivity contribution in [2.24, 2.45) is 5.92 Å². The summed E-state index contributed by atoms with van der Waals surface area (Å²) in [6.45, 7) is 0. The summed E-state index contributed by atoms with van der Waals surface area (Å²) in [6.07, 6.45) is 3.72. The van der Waals surface area contributed by atoms with E-state index in [2.05, 4.69) is 15.9 Å². The number of carbonyl (C=O) groups excluding carboxylic acids is 1. The molecule has 0 spiro atoms. The number of nitrogens with zero attached hydrogens (tertiary/aromatic N) is 1. The first-order chi connectivity index (χ1) is 14.1. The van der Waals surface area contributed by atoms with E-state index < -0.39 is 0 Å². The molecule has 2 unspecified atom stereocenters. The van der Waals surface area contributed by atoms with Crippen LogP contribution in [0.4, 0.5) is 0 Å². The predicted molar refractivity (Wildman–Crippen MR) is 117 cm³/mol. The van der Waals surface area contributed by atoms with Crippen molar-refractivity contribution in [3.63, 3.8) is 0 Å². The van der Waals surface area contributed by atoms with E-state index in [1.54, 1.807) is 0 Å². The van der Waals surface area contributed by atoms with Crippen LogP contribution in [0.1, 0.15) is 37.4 Å². The number of ether oxygens (including phenoxy) is 1. The number of aromatic nitrogens is 1. The maximum atomic E-state index is 12.5. The van der Waals surface area contributed by atoms with Gasteiger partial charge in [0.05, 0.1) is 13.0 Å². The van der Waals surface area contributed by atoms with Gasteiger partial charge in [0, 0.05) is 26.5 Å². The van der Waals surface area contributed by atoms with E-state index in [9.17, 15) is 4.79 Å². The van der Waals surface area contributed by atoms with Gasteiger partial charge in [0.25, 0.3) is 0 Å². The Hall–Kier alpha value is -2.11. The third-order valence-corrected chi connectivity index (χ3v) is 6.21. The molecule has 1 aliphatic carbocycles. The van der Waals surface area contributed by atoms with E-state index >= 15 is 0 Å². The number of hydrogen-bond donors (Lipinski definition) is 0. The molecule has 1 saturated carbocycles. The van der Waals surface area contributed by atoms with Gasteiger partial charge in [-0.1, -0.05) is 58.6 Å². The number of rotatable bonds is 4. The Labute approximate surface area is 183 Å². The van der Waals surface area contributed by atoms with Gasteiger partial charge in [0.1, 0.15) is 11.5 Å².